The molecule has 0 aromatic rings. The van der Waals surface area contributed by atoms with Crippen molar-refractivity contribution in [3.63, 3.8) is 0 Å². The maximum absolute atomic E-state index is 5.66. The summed E-state index contributed by atoms with van der Waals surface area (Å²) >= 11 is 2.21. The van der Waals surface area contributed by atoms with Crippen molar-refractivity contribution in [2.24, 2.45) is 5.73 Å². The molecule has 0 amide bonds. The Morgan fingerprint density at radius 2 is 1.70 bits per heavy atom. The minimum atomic E-state index is -0.345. The molecule has 4 heteroatoms. The molecule has 0 unspecified atom stereocenters. The van der Waals surface area contributed by atoms with Gasteiger partial charge in [0, 0.05) is 5.44 Å². The van der Waals surface area contributed by atoms with Crippen molar-refractivity contribution >= 4 is 30.1 Å². The van der Waals surface area contributed by atoms with E-state index >= 15 is 0 Å². The highest BCUT2D eigenvalue weighted by Crippen LogP contribution is 2.18. The molecule has 0 saturated carbocycles. The largest absolute Gasteiger partial charge is 0.425 e. The van der Waals surface area contributed by atoms with Crippen molar-refractivity contribution in [3.8, 4) is 0 Å². The maximum Gasteiger partial charge on any atom is 0.315 e. The lowest BCUT2D eigenvalue weighted by molar-refractivity contribution is 0.227. The van der Waals surface area contributed by atoms with E-state index in [2.05, 4.69) is 22.6 Å². The topological polar surface area (TPSA) is 35.2 Å². The lowest BCUT2D eigenvalue weighted by Gasteiger charge is -2.23. The lowest BCUT2D eigenvalue weighted by Crippen LogP contribution is -2.42. The van der Waals surface area contributed by atoms with Crippen molar-refractivity contribution in [3.05, 3.63) is 0 Å². The Morgan fingerprint density at radius 3 is 1.80 bits per heavy atom. The third-order valence-corrected chi connectivity index (χ3v) is 0.897. The van der Waals surface area contributed by atoms with Gasteiger partial charge < -0.3 is 10.4 Å². The average molecular weight is 254 g/mol. The molecule has 2 N–H and O–H groups in total. The summed E-state index contributed by atoms with van der Waals surface area (Å²) in [5.74, 6) is 0. The number of rotatable bonds is 3. The van der Waals surface area contributed by atoms with Gasteiger partial charge in [-0.1, -0.05) is 13.8 Å². The Hall–Kier alpha value is 0.715. The van der Waals surface area contributed by atoms with Crippen molar-refractivity contribution < 1.29 is 4.65 Å². The molecule has 0 heterocycles. The Balaban J connectivity index is 3.56. The van der Waals surface area contributed by atoms with Crippen LogP contribution in [0.2, 0.25) is 0 Å². The summed E-state index contributed by atoms with van der Waals surface area (Å²) in [6.07, 6.45) is 0. The fraction of sp³-hybridized carbons (Fsp3) is 1.00. The lowest BCUT2D eigenvalue weighted by atomic mass is 9.75. The van der Waals surface area contributed by atoms with Crippen LogP contribution in [0.1, 0.15) is 27.7 Å². The second-order valence-corrected chi connectivity index (χ2v) is 6.02. The Morgan fingerprint density at radius 1 is 1.30 bits per heavy atom. The van der Waals surface area contributed by atoms with Gasteiger partial charge in [0.05, 0.1) is 3.61 Å². The maximum atomic E-state index is 5.66. The zero-order chi connectivity index (χ0) is 8.41. The SMILES string of the molecule is CC(C)(N)[B]OC(C)(C)I. The fourth-order valence-corrected chi connectivity index (χ4v) is 0.419. The fourth-order valence-electron chi connectivity index (χ4n) is 0.292. The van der Waals surface area contributed by atoms with Crippen LogP contribution in [0.25, 0.3) is 0 Å². The van der Waals surface area contributed by atoms with Gasteiger partial charge in [0.15, 0.2) is 0 Å². The molecule has 0 aliphatic heterocycles. The molecule has 10 heavy (non-hydrogen) atoms. The summed E-state index contributed by atoms with van der Waals surface area (Å²) in [5.41, 5.74) is 5.31. The van der Waals surface area contributed by atoms with Gasteiger partial charge >= 0.3 is 7.48 Å². The van der Waals surface area contributed by atoms with E-state index in [0.717, 1.165) is 0 Å². The number of halogens is 1. The van der Waals surface area contributed by atoms with Crippen LogP contribution in [0.5, 0.6) is 0 Å². The predicted molar refractivity (Wildman–Crippen MR) is 53.2 cm³/mol. The first-order chi connectivity index (χ1) is 4.21. The van der Waals surface area contributed by atoms with Crippen molar-refractivity contribution in [2.75, 3.05) is 0 Å². The molecule has 0 spiro atoms. The van der Waals surface area contributed by atoms with E-state index in [-0.39, 0.29) is 9.05 Å². The molecule has 0 aromatic heterocycles. The average Bonchev–Trinajstić information content (AvgIpc) is 1.57. The summed E-state index contributed by atoms with van der Waals surface area (Å²) in [6.45, 7) is 7.76. The third-order valence-electron chi connectivity index (χ3n) is 0.643. The summed E-state index contributed by atoms with van der Waals surface area (Å²) in [7, 11) is 1.67. The van der Waals surface area contributed by atoms with Crippen LogP contribution in [0.4, 0.5) is 0 Å². The minimum absolute atomic E-state index is 0.158. The van der Waals surface area contributed by atoms with Crippen LogP contribution >= 0.6 is 22.6 Å². The van der Waals surface area contributed by atoms with Gasteiger partial charge in [-0.25, -0.2) is 0 Å². The molecular formula is C6H14BINO. The van der Waals surface area contributed by atoms with Gasteiger partial charge in [-0.3, -0.25) is 0 Å². The quantitative estimate of drug-likeness (QED) is 0.470. The Kier molecular flexibility index (Phi) is 3.65. The molecule has 0 saturated heterocycles. The van der Waals surface area contributed by atoms with E-state index in [4.69, 9.17) is 10.4 Å². The van der Waals surface area contributed by atoms with E-state index in [9.17, 15) is 0 Å². The van der Waals surface area contributed by atoms with E-state index in [1.54, 1.807) is 7.48 Å². The molecule has 1 radical (unpaired) electrons. The van der Waals surface area contributed by atoms with Gasteiger partial charge in [0.2, 0.25) is 0 Å². The molecule has 0 rings (SSSR count). The molecule has 0 aliphatic rings. The highest BCUT2D eigenvalue weighted by Gasteiger charge is 2.20. The first kappa shape index (κ1) is 10.7. The molecule has 0 bridgehead atoms. The molecule has 0 aliphatic carbocycles. The van der Waals surface area contributed by atoms with Crippen LogP contribution in [0.15, 0.2) is 0 Å². The van der Waals surface area contributed by atoms with Crippen molar-refractivity contribution in [1.82, 2.24) is 0 Å². The van der Waals surface area contributed by atoms with E-state index in [1.165, 1.54) is 0 Å². The molecule has 0 aromatic carbocycles. The van der Waals surface area contributed by atoms with Gasteiger partial charge in [-0.05, 0) is 36.4 Å². The van der Waals surface area contributed by atoms with Crippen LogP contribution in [-0.2, 0) is 4.65 Å². The molecule has 0 fully saturated rings. The normalized spacial score (nSPS) is 13.4. The zero-order valence-electron chi connectivity index (χ0n) is 6.94. The van der Waals surface area contributed by atoms with Crippen LogP contribution in [0.3, 0.4) is 0 Å². The molecule has 2 nitrogen and oxygen atoms in total. The monoisotopic (exact) mass is 254 g/mol. The summed E-state index contributed by atoms with van der Waals surface area (Å²) in [4.78, 5) is 0. The first-order valence-electron chi connectivity index (χ1n) is 3.21. The Bertz CT molecular complexity index is 91.3. The highest BCUT2D eigenvalue weighted by molar-refractivity contribution is 14.1. The molecular weight excluding hydrogens is 240 g/mol. The second-order valence-electron chi connectivity index (χ2n) is 3.42. The number of hydrogen-bond donors (Lipinski definition) is 1. The van der Waals surface area contributed by atoms with Crippen molar-refractivity contribution in [1.29, 1.82) is 0 Å². The van der Waals surface area contributed by atoms with E-state index in [1.807, 2.05) is 27.7 Å². The zero-order valence-corrected chi connectivity index (χ0v) is 9.10. The van der Waals surface area contributed by atoms with Gasteiger partial charge in [-0.2, -0.15) is 0 Å². The summed E-state index contributed by atoms with van der Waals surface area (Å²) in [6, 6.07) is 0. The first-order valence-corrected chi connectivity index (χ1v) is 4.28. The molecule has 59 valence electrons. The van der Waals surface area contributed by atoms with Gasteiger partial charge in [0.1, 0.15) is 0 Å². The van der Waals surface area contributed by atoms with Gasteiger partial charge in [-0.15, -0.1) is 0 Å². The third kappa shape index (κ3) is 8.71. The van der Waals surface area contributed by atoms with Crippen LogP contribution in [0, 0.1) is 0 Å². The minimum Gasteiger partial charge on any atom is -0.425 e. The number of hydrogen-bond acceptors (Lipinski definition) is 2. The van der Waals surface area contributed by atoms with Gasteiger partial charge in [0.25, 0.3) is 0 Å². The number of nitrogens with two attached hydrogens (primary N) is 1. The van der Waals surface area contributed by atoms with Crippen LogP contribution in [-0.4, -0.2) is 16.5 Å². The summed E-state index contributed by atoms with van der Waals surface area (Å²) in [5, 5.41) is 0. The second kappa shape index (κ2) is 3.41. The predicted octanol–water partition coefficient (Wildman–Crippen LogP) is 1.49. The standard InChI is InChI=1S/C6H14BINO/c1-5(2,9)7-10-6(3,4)8/h9H2,1-4H3. The van der Waals surface area contributed by atoms with Crippen LogP contribution < -0.4 is 5.73 Å². The van der Waals surface area contributed by atoms with E-state index < -0.39 is 0 Å². The van der Waals surface area contributed by atoms with Crippen molar-refractivity contribution in [2.45, 2.75) is 36.7 Å². The smallest absolute Gasteiger partial charge is 0.315 e. The summed E-state index contributed by atoms with van der Waals surface area (Å²) < 4.78 is 5.17. The Labute approximate surface area is 77.3 Å². The highest BCUT2D eigenvalue weighted by atomic mass is 127. The van der Waals surface area contributed by atoms with E-state index in [0.29, 0.717) is 0 Å². The molecule has 0 atom stereocenters. The number of alkyl halides is 1.